The van der Waals surface area contributed by atoms with Gasteiger partial charge in [-0.3, -0.25) is 4.79 Å². The summed E-state index contributed by atoms with van der Waals surface area (Å²) in [7, 11) is 1.58. The molecule has 1 fully saturated rings. The Kier molecular flexibility index (Phi) is 5.91. The predicted molar refractivity (Wildman–Crippen MR) is 86.2 cm³/mol. The Hall–Kier alpha value is -1.23. The third kappa shape index (κ3) is 4.13. The number of halogens is 1. The van der Waals surface area contributed by atoms with Gasteiger partial charge < -0.3 is 14.8 Å². The molecule has 1 saturated carbocycles. The summed E-state index contributed by atoms with van der Waals surface area (Å²) in [5.74, 6) is 1.15. The third-order valence-electron chi connectivity index (χ3n) is 3.72. The molecular formula is C16H22BrNO3. The zero-order chi connectivity index (χ0) is 15.2. The van der Waals surface area contributed by atoms with E-state index in [1.165, 1.54) is 19.3 Å². The van der Waals surface area contributed by atoms with E-state index in [1.54, 1.807) is 19.2 Å². The quantitative estimate of drug-likeness (QED) is 0.870. The summed E-state index contributed by atoms with van der Waals surface area (Å²) in [6.45, 7) is 2.46. The van der Waals surface area contributed by atoms with Crippen LogP contribution in [-0.2, 0) is 0 Å². The number of ether oxygens (including phenoxy) is 2. The van der Waals surface area contributed by atoms with Gasteiger partial charge in [-0.25, -0.2) is 0 Å². The Labute approximate surface area is 134 Å². The molecule has 0 atom stereocenters. The third-order valence-corrected chi connectivity index (χ3v) is 4.31. The molecule has 0 bridgehead atoms. The fraction of sp³-hybridized carbons (Fsp3) is 0.562. The molecule has 1 aliphatic rings. The van der Waals surface area contributed by atoms with Gasteiger partial charge in [-0.15, -0.1) is 0 Å². The van der Waals surface area contributed by atoms with Crippen molar-refractivity contribution >= 4 is 21.8 Å². The molecule has 0 saturated heterocycles. The molecule has 4 nitrogen and oxygen atoms in total. The predicted octanol–water partition coefficient (Wildman–Crippen LogP) is 3.92. The Bertz CT molecular complexity index is 499. The molecule has 0 aliphatic heterocycles. The van der Waals surface area contributed by atoms with Crippen LogP contribution in [0.4, 0.5) is 0 Å². The maximum atomic E-state index is 12.4. The van der Waals surface area contributed by atoms with Crippen molar-refractivity contribution in [2.75, 3.05) is 13.7 Å². The van der Waals surface area contributed by atoms with E-state index in [0.717, 1.165) is 17.3 Å². The van der Waals surface area contributed by atoms with Crippen LogP contribution in [0.3, 0.4) is 0 Å². The Morgan fingerprint density at radius 3 is 2.67 bits per heavy atom. The molecule has 2 rings (SSSR count). The van der Waals surface area contributed by atoms with Crippen LogP contribution < -0.4 is 14.8 Å². The summed E-state index contributed by atoms with van der Waals surface area (Å²) in [6.07, 6.45) is 5.80. The van der Waals surface area contributed by atoms with E-state index in [-0.39, 0.29) is 5.91 Å². The van der Waals surface area contributed by atoms with Crippen molar-refractivity contribution in [2.24, 2.45) is 0 Å². The minimum atomic E-state index is -0.0519. The van der Waals surface area contributed by atoms with Crippen LogP contribution in [-0.4, -0.2) is 25.7 Å². The van der Waals surface area contributed by atoms with Crippen molar-refractivity contribution in [2.45, 2.75) is 45.1 Å². The first-order chi connectivity index (χ1) is 10.2. The molecule has 116 valence electrons. The largest absolute Gasteiger partial charge is 0.493 e. The normalized spacial score (nSPS) is 15.6. The molecule has 1 amide bonds. The van der Waals surface area contributed by atoms with Crippen molar-refractivity contribution < 1.29 is 14.3 Å². The summed E-state index contributed by atoms with van der Waals surface area (Å²) in [4.78, 5) is 12.4. The van der Waals surface area contributed by atoms with Crippen LogP contribution in [0.2, 0.25) is 0 Å². The topological polar surface area (TPSA) is 47.6 Å². The highest BCUT2D eigenvalue weighted by Crippen LogP contribution is 2.36. The van der Waals surface area contributed by atoms with Gasteiger partial charge in [0.05, 0.1) is 18.2 Å². The van der Waals surface area contributed by atoms with Crippen LogP contribution in [0.1, 0.15) is 49.4 Å². The number of carbonyl (C=O) groups is 1. The van der Waals surface area contributed by atoms with Crippen LogP contribution in [0.15, 0.2) is 16.6 Å². The minimum absolute atomic E-state index is 0.0519. The van der Waals surface area contributed by atoms with Crippen LogP contribution in [0.5, 0.6) is 11.5 Å². The second kappa shape index (κ2) is 7.69. The molecule has 1 N–H and O–H groups in total. The van der Waals surface area contributed by atoms with Crippen LogP contribution in [0, 0.1) is 0 Å². The standard InChI is InChI=1S/C16H22BrNO3/c1-3-21-15-13(17)9-11(10-14(15)20-2)16(19)18-12-7-5-4-6-8-12/h9-10,12H,3-8H2,1-2H3,(H,18,19). The number of amides is 1. The van der Waals surface area contributed by atoms with E-state index in [9.17, 15) is 4.79 Å². The summed E-state index contributed by atoms with van der Waals surface area (Å²) < 4.78 is 11.6. The summed E-state index contributed by atoms with van der Waals surface area (Å²) in [5, 5.41) is 3.11. The van der Waals surface area contributed by atoms with E-state index < -0.39 is 0 Å². The first-order valence-electron chi connectivity index (χ1n) is 7.47. The second-order valence-electron chi connectivity index (χ2n) is 5.23. The van der Waals surface area contributed by atoms with Gasteiger partial charge in [0.25, 0.3) is 5.91 Å². The van der Waals surface area contributed by atoms with Gasteiger partial charge in [0.2, 0.25) is 0 Å². The molecule has 0 aromatic heterocycles. The zero-order valence-electron chi connectivity index (χ0n) is 12.6. The number of hydrogen-bond acceptors (Lipinski definition) is 3. The first-order valence-corrected chi connectivity index (χ1v) is 8.26. The number of nitrogens with one attached hydrogen (secondary N) is 1. The number of benzene rings is 1. The van der Waals surface area contributed by atoms with E-state index >= 15 is 0 Å². The molecule has 0 spiro atoms. The molecule has 21 heavy (non-hydrogen) atoms. The Morgan fingerprint density at radius 1 is 1.33 bits per heavy atom. The average molecular weight is 356 g/mol. The van der Waals surface area contributed by atoms with Crippen LogP contribution >= 0.6 is 15.9 Å². The van der Waals surface area contributed by atoms with Crippen LogP contribution in [0.25, 0.3) is 0 Å². The number of rotatable bonds is 5. The van der Waals surface area contributed by atoms with E-state index in [2.05, 4.69) is 21.2 Å². The smallest absolute Gasteiger partial charge is 0.251 e. The van der Waals surface area contributed by atoms with Gasteiger partial charge in [0.15, 0.2) is 11.5 Å². The highest BCUT2D eigenvalue weighted by molar-refractivity contribution is 9.10. The molecule has 1 aliphatic carbocycles. The highest BCUT2D eigenvalue weighted by Gasteiger charge is 2.19. The molecular weight excluding hydrogens is 334 g/mol. The van der Waals surface area contributed by atoms with Crippen molar-refractivity contribution in [3.63, 3.8) is 0 Å². The summed E-state index contributed by atoms with van der Waals surface area (Å²) in [5.41, 5.74) is 0.591. The minimum Gasteiger partial charge on any atom is -0.493 e. The molecule has 0 radical (unpaired) electrons. The molecule has 0 unspecified atom stereocenters. The fourth-order valence-corrected chi connectivity index (χ4v) is 3.21. The summed E-state index contributed by atoms with van der Waals surface area (Å²) in [6, 6.07) is 3.81. The molecule has 5 heteroatoms. The van der Waals surface area contributed by atoms with Gasteiger partial charge >= 0.3 is 0 Å². The van der Waals surface area contributed by atoms with Gasteiger partial charge in [-0.2, -0.15) is 0 Å². The lowest BCUT2D eigenvalue weighted by molar-refractivity contribution is 0.0927. The average Bonchev–Trinajstić information content (AvgIpc) is 2.50. The lowest BCUT2D eigenvalue weighted by atomic mass is 9.95. The number of hydrogen-bond donors (Lipinski definition) is 1. The molecule has 1 aromatic rings. The maximum Gasteiger partial charge on any atom is 0.251 e. The molecule has 1 aromatic carbocycles. The van der Waals surface area contributed by atoms with Gasteiger partial charge in [-0.05, 0) is 47.8 Å². The van der Waals surface area contributed by atoms with Crippen molar-refractivity contribution in [1.82, 2.24) is 5.32 Å². The van der Waals surface area contributed by atoms with E-state index in [1.807, 2.05) is 6.92 Å². The lowest BCUT2D eigenvalue weighted by Gasteiger charge is -2.23. The van der Waals surface area contributed by atoms with E-state index in [4.69, 9.17) is 9.47 Å². The molecule has 0 heterocycles. The van der Waals surface area contributed by atoms with Gasteiger partial charge in [-0.1, -0.05) is 19.3 Å². The van der Waals surface area contributed by atoms with Crippen molar-refractivity contribution in [3.8, 4) is 11.5 Å². The summed E-state index contributed by atoms with van der Waals surface area (Å²) >= 11 is 3.45. The lowest BCUT2D eigenvalue weighted by Crippen LogP contribution is -2.36. The van der Waals surface area contributed by atoms with Gasteiger partial charge in [0, 0.05) is 11.6 Å². The second-order valence-corrected chi connectivity index (χ2v) is 6.09. The highest BCUT2D eigenvalue weighted by atomic mass is 79.9. The SMILES string of the molecule is CCOc1c(Br)cc(C(=O)NC2CCCCC2)cc1OC. The van der Waals surface area contributed by atoms with Crippen molar-refractivity contribution in [3.05, 3.63) is 22.2 Å². The number of carbonyl (C=O) groups excluding carboxylic acids is 1. The first kappa shape index (κ1) is 16.1. The van der Waals surface area contributed by atoms with Gasteiger partial charge in [0.1, 0.15) is 0 Å². The number of methoxy groups -OCH3 is 1. The zero-order valence-corrected chi connectivity index (χ0v) is 14.2. The maximum absolute atomic E-state index is 12.4. The fourth-order valence-electron chi connectivity index (χ4n) is 2.65. The van der Waals surface area contributed by atoms with E-state index in [0.29, 0.717) is 29.7 Å². The Balaban J connectivity index is 2.15. The Morgan fingerprint density at radius 2 is 2.05 bits per heavy atom. The monoisotopic (exact) mass is 355 g/mol. The van der Waals surface area contributed by atoms with Crippen molar-refractivity contribution in [1.29, 1.82) is 0 Å².